The Hall–Kier alpha value is -2.56. The van der Waals surface area contributed by atoms with E-state index in [1.54, 1.807) is 12.1 Å². The molecule has 0 fully saturated rings. The van der Waals surface area contributed by atoms with Crippen molar-refractivity contribution in [1.29, 1.82) is 0 Å². The second-order valence-electron chi connectivity index (χ2n) is 5.69. The second-order valence-corrected chi connectivity index (χ2v) is 9.14. The molecule has 3 rings (SSSR count). The third kappa shape index (κ3) is 4.29. The van der Waals surface area contributed by atoms with Gasteiger partial charge in [-0.2, -0.15) is 0 Å². The second kappa shape index (κ2) is 7.82. The summed E-state index contributed by atoms with van der Waals surface area (Å²) in [5.41, 5.74) is 0.934. The summed E-state index contributed by atoms with van der Waals surface area (Å²) < 4.78 is 34.3. The van der Waals surface area contributed by atoms with Crippen LogP contribution in [0, 0.1) is 0 Å². The molecule has 28 heavy (non-hydrogen) atoms. The highest BCUT2D eigenvalue weighted by Crippen LogP contribution is 2.36. The number of carbonyl (C=O) groups excluding carboxylic acids is 1. The zero-order chi connectivity index (χ0) is 20.5. The van der Waals surface area contributed by atoms with E-state index in [1.807, 2.05) is 0 Å². The van der Waals surface area contributed by atoms with E-state index in [0.717, 1.165) is 17.6 Å². The van der Waals surface area contributed by atoms with E-state index in [2.05, 4.69) is 15.6 Å². The van der Waals surface area contributed by atoms with Crippen molar-refractivity contribution in [3.8, 4) is 11.5 Å². The number of rotatable bonds is 5. The number of hydrogen-bond acceptors (Lipinski definition) is 7. The lowest BCUT2D eigenvalue weighted by Gasteiger charge is -2.13. The molecule has 0 saturated heterocycles. The van der Waals surface area contributed by atoms with Gasteiger partial charge in [0.1, 0.15) is 11.5 Å². The van der Waals surface area contributed by atoms with Crippen molar-refractivity contribution in [2.45, 2.75) is 4.90 Å². The van der Waals surface area contributed by atoms with Crippen molar-refractivity contribution < 1.29 is 22.7 Å². The molecular weight excluding hydrogens is 426 g/mol. The number of hydrogen-bond donors (Lipinski definition) is 2. The first kappa shape index (κ1) is 20.2. The molecule has 0 aliphatic rings. The van der Waals surface area contributed by atoms with Crippen LogP contribution in [-0.4, -0.2) is 39.9 Å². The fraction of sp³-hybridized carbons (Fsp3) is 0.176. The van der Waals surface area contributed by atoms with Crippen LogP contribution in [0.15, 0.2) is 35.2 Å². The van der Waals surface area contributed by atoms with Gasteiger partial charge in [0, 0.05) is 12.3 Å². The lowest BCUT2D eigenvalue weighted by molar-refractivity contribution is 0.262. The lowest BCUT2D eigenvalue weighted by Crippen LogP contribution is -2.19. The van der Waals surface area contributed by atoms with Crippen molar-refractivity contribution in [3.05, 3.63) is 35.4 Å². The van der Waals surface area contributed by atoms with Gasteiger partial charge in [-0.05, 0) is 24.3 Å². The number of ether oxygens (including phenoxy) is 2. The van der Waals surface area contributed by atoms with Crippen molar-refractivity contribution in [3.63, 3.8) is 0 Å². The molecule has 148 valence electrons. The number of aromatic nitrogens is 1. The predicted octanol–water partition coefficient (Wildman–Crippen LogP) is 4.01. The number of urea groups is 1. The highest BCUT2D eigenvalue weighted by atomic mass is 35.5. The smallest absolute Gasteiger partial charge is 0.325 e. The minimum Gasteiger partial charge on any atom is -0.495 e. The summed E-state index contributed by atoms with van der Waals surface area (Å²) >= 11 is 7.26. The average Bonchev–Trinajstić information content (AvgIpc) is 3.02. The summed E-state index contributed by atoms with van der Waals surface area (Å²) in [6.45, 7) is 0. The Balaban J connectivity index is 1.81. The number of thiazole rings is 1. The van der Waals surface area contributed by atoms with Gasteiger partial charge in [-0.25, -0.2) is 18.2 Å². The van der Waals surface area contributed by atoms with Crippen molar-refractivity contribution >= 4 is 59.8 Å². The molecule has 0 atom stereocenters. The Labute approximate surface area is 170 Å². The van der Waals surface area contributed by atoms with Gasteiger partial charge in [0.2, 0.25) is 0 Å². The molecule has 11 heteroatoms. The first-order valence-corrected chi connectivity index (χ1v) is 10.9. The Kier molecular flexibility index (Phi) is 5.64. The molecule has 8 nitrogen and oxygen atoms in total. The molecule has 0 unspecified atom stereocenters. The molecule has 1 aromatic heterocycles. The summed E-state index contributed by atoms with van der Waals surface area (Å²) in [7, 11) is -0.392. The highest BCUT2D eigenvalue weighted by Gasteiger charge is 2.15. The minimum absolute atomic E-state index is 0.192. The monoisotopic (exact) mass is 441 g/mol. The molecule has 0 saturated carbocycles. The SMILES string of the molecule is COc1cc(OC)c(NC(=O)Nc2nc3ccc(S(C)(=O)=O)cc3s2)cc1Cl. The van der Waals surface area contributed by atoms with Crippen LogP contribution in [0.5, 0.6) is 11.5 Å². The summed E-state index contributed by atoms with van der Waals surface area (Å²) in [6.07, 6.45) is 1.13. The number of nitrogens with zero attached hydrogens (tertiary/aromatic N) is 1. The number of halogens is 1. The number of fused-ring (bicyclic) bond motifs is 1. The molecule has 0 radical (unpaired) electrons. The number of methoxy groups -OCH3 is 2. The molecule has 2 N–H and O–H groups in total. The van der Waals surface area contributed by atoms with E-state index in [9.17, 15) is 13.2 Å². The third-order valence-electron chi connectivity index (χ3n) is 3.73. The summed E-state index contributed by atoms with van der Waals surface area (Å²) in [4.78, 5) is 16.8. The Bertz CT molecular complexity index is 1160. The largest absolute Gasteiger partial charge is 0.495 e. The molecule has 1 heterocycles. The van der Waals surface area contributed by atoms with Gasteiger partial charge >= 0.3 is 6.03 Å². The number of anilines is 2. The molecule has 3 aromatic rings. The maximum Gasteiger partial charge on any atom is 0.325 e. The quantitative estimate of drug-likeness (QED) is 0.619. The molecule has 2 amide bonds. The van der Waals surface area contributed by atoms with Gasteiger partial charge in [-0.3, -0.25) is 5.32 Å². The van der Waals surface area contributed by atoms with Gasteiger partial charge in [-0.1, -0.05) is 22.9 Å². The minimum atomic E-state index is -3.32. The highest BCUT2D eigenvalue weighted by molar-refractivity contribution is 7.90. The van der Waals surface area contributed by atoms with Crippen LogP contribution in [0.25, 0.3) is 10.2 Å². The predicted molar refractivity (Wildman–Crippen MR) is 110 cm³/mol. The standard InChI is InChI=1S/C17H16ClN3O5S2/c1-25-13-8-14(26-2)12(7-10(13)18)19-16(22)21-17-20-11-5-4-9(28(3,23)24)6-15(11)27-17/h4-8H,1-3H3,(H2,19,20,21,22). The van der Waals surface area contributed by atoms with Gasteiger partial charge in [0.05, 0.1) is 40.0 Å². The lowest BCUT2D eigenvalue weighted by atomic mass is 10.2. The Morgan fingerprint density at radius 1 is 1.11 bits per heavy atom. The van der Waals surface area contributed by atoms with E-state index in [0.29, 0.717) is 37.6 Å². The van der Waals surface area contributed by atoms with E-state index in [-0.39, 0.29) is 4.90 Å². The van der Waals surface area contributed by atoms with Crippen LogP contribution in [-0.2, 0) is 9.84 Å². The van der Waals surface area contributed by atoms with Crippen LogP contribution in [0.3, 0.4) is 0 Å². The first-order chi connectivity index (χ1) is 13.2. The van der Waals surface area contributed by atoms with Crippen LogP contribution in [0.1, 0.15) is 0 Å². The van der Waals surface area contributed by atoms with Crippen LogP contribution < -0.4 is 20.1 Å². The van der Waals surface area contributed by atoms with E-state index in [1.165, 1.54) is 32.4 Å². The van der Waals surface area contributed by atoms with Gasteiger partial charge in [-0.15, -0.1) is 0 Å². The van der Waals surface area contributed by atoms with Gasteiger partial charge in [0.25, 0.3) is 0 Å². The maximum absolute atomic E-state index is 12.3. The van der Waals surface area contributed by atoms with Gasteiger partial charge < -0.3 is 14.8 Å². The van der Waals surface area contributed by atoms with Crippen LogP contribution >= 0.6 is 22.9 Å². The average molecular weight is 442 g/mol. The fourth-order valence-corrected chi connectivity index (χ4v) is 4.26. The van der Waals surface area contributed by atoms with Gasteiger partial charge in [0.15, 0.2) is 15.0 Å². The number of sulfone groups is 1. The maximum atomic E-state index is 12.3. The van der Waals surface area contributed by atoms with Crippen molar-refractivity contribution in [2.75, 3.05) is 31.1 Å². The Morgan fingerprint density at radius 2 is 1.82 bits per heavy atom. The van der Waals surface area contributed by atoms with E-state index >= 15 is 0 Å². The fourth-order valence-electron chi connectivity index (χ4n) is 2.40. The molecule has 0 aliphatic heterocycles. The first-order valence-electron chi connectivity index (χ1n) is 7.81. The van der Waals surface area contributed by atoms with E-state index in [4.69, 9.17) is 21.1 Å². The normalized spacial score (nSPS) is 11.3. The Morgan fingerprint density at radius 3 is 2.46 bits per heavy atom. The van der Waals surface area contributed by atoms with Crippen LogP contribution in [0.4, 0.5) is 15.6 Å². The number of nitrogens with one attached hydrogen (secondary N) is 2. The molecular formula is C17H16ClN3O5S2. The number of benzene rings is 2. The number of amides is 2. The zero-order valence-corrected chi connectivity index (χ0v) is 17.5. The summed E-state index contributed by atoms with van der Waals surface area (Å²) in [5.74, 6) is 0.788. The topological polar surface area (TPSA) is 107 Å². The molecule has 0 bridgehead atoms. The third-order valence-corrected chi connectivity index (χ3v) is 6.07. The van der Waals surface area contributed by atoms with E-state index < -0.39 is 15.9 Å². The molecule has 0 spiro atoms. The molecule has 2 aromatic carbocycles. The summed E-state index contributed by atoms with van der Waals surface area (Å²) in [5, 5.41) is 5.88. The zero-order valence-electron chi connectivity index (χ0n) is 15.1. The molecule has 0 aliphatic carbocycles. The van der Waals surface area contributed by atoms with Crippen LogP contribution in [0.2, 0.25) is 5.02 Å². The van der Waals surface area contributed by atoms with Crippen molar-refractivity contribution in [2.24, 2.45) is 0 Å². The number of carbonyl (C=O) groups is 1. The van der Waals surface area contributed by atoms with Crippen molar-refractivity contribution in [1.82, 2.24) is 4.98 Å². The summed E-state index contributed by atoms with van der Waals surface area (Å²) in [6, 6.07) is 7.11.